The van der Waals surface area contributed by atoms with Crippen molar-refractivity contribution in [3.05, 3.63) is 78.5 Å². The zero-order valence-electron chi connectivity index (χ0n) is 17.7. The van der Waals surface area contributed by atoms with Crippen molar-refractivity contribution in [2.45, 2.75) is 6.61 Å². The van der Waals surface area contributed by atoms with Crippen LogP contribution in [0.15, 0.2) is 67.3 Å². The molecular formula is C24H26N4O3. The van der Waals surface area contributed by atoms with Gasteiger partial charge in [-0.15, -0.1) is 0 Å². The molecule has 0 aliphatic rings. The molecule has 1 aromatic heterocycles. The number of amides is 2. The Kier molecular flexibility index (Phi) is 7.22. The zero-order valence-corrected chi connectivity index (χ0v) is 17.7. The number of benzene rings is 2. The van der Waals surface area contributed by atoms with Gasteiger partial charge in [0.2, 0.25) is 5.91 Å². The lowest BCUT2D eigenvalue weighted by atomic mass is 10.1. The highest BCUT2D eigenvalue weighted by Crippen LogP contribution is 2.30. The minimum Gasteiger partial charge on any atom is -0.488 e. The Morgan fingerprint density at radius 2 is 1.81 bits per heavy atom. The van der Waals surface area contributed by atoms with Crippen molar-refractivity contribution in [3.63, 3.8) is 0 Å². The lowest BCUT2D eigenvalue weighted by molar-refractivity contribution is -0.116. The number of aromatic nitrogens is 1. The molecule has 0 aliphatic carbocycles. The maximum Gasteiger partial charge on any atom is 0.270 e. The third-order valence-corrected chi connectivity index (χ3v) is 4.64. The Labute approximate surface area is 181 Å². The highest BCUT2D eigenvalue weighted by atomic mass is 16.5. The van der Waals surface area contributed by atoms with Crippen LogP contribution in [-0.2, 0) is 11.4 Å². The molecule has 160 valence electrons. The minimum absolute atomic E-state index is 0.253. The van der Waals surface area contributed by atoms with Crippen LogP contribution in [-0.4, -0.2) is 44.0 Å². The van der Waals surface area contributed by atoms with Crippen LogP contribution < -0.4 is 20.3 Å². The summed E-state index contributed by atoms with van der Waals surface area (Å²) in [5.41, 5.74) is 2.96. The molecule has 2 N–H and O–H groups in total. The molecule has 0 aliphatic heterocycles. The van der Waals surface area contributed by atoms with Crippen molar-refractivity contribution >= 4 is 28.4 Å². The quantitative estimate of drug-likeness (QED) is 0.412. The van der Waals surface area contributed by atoms with Gasteiger partial charge in [0, 0.05) is 44.3 Å². The summed E-state index contributed by atoms with van der Waals surface area (Å²) < 4.78 is 6.10. The SMILES string of the molecule is C=CC(=O)NCCNC(=O)c1cc(OCc2ccccc2)c2cc(N(C)C)ccc2n1. The molecule has 2 aromatic carbocycles. The number of carbonyl (C=O) groups excluding carboxylic acids is 2. The molecular weight excluding hydrogens is 392 g/mol. The summed E-state index contributed by atoms with van der Waals surface area (Å²) in [6, 6.07) is 17.3. The van der Waals surface area contributed by atoms with Crippen LogP contribution in [0.1, 0.15) is 16.1 Å². The van der Waals surface area contributed by atoms with E-state index in [9.17, 15) is 9.59 Å². The van der Waals surface area contributed by atoms with E-state index in [1.165, 1.54) is 6.08 Å². The van der Waals surface area contributed by atoms with Crippen molar-refractivity contribution < 1.29 is 14.3 Å². The highest BCUT2D eigenvalue weighted by Gasteiger charge is 2.14. The van der Waals surface area contributed by atoms with Crippen molar-refractivity contribution in [2.24, 2.45) is 0 Å². The molecule has 7 nitrogen and oxygen atoms in total. The lowest BCUT2D eigenvalue weighted by Gasteiger charge is -2.16. The first-order valence-corrected chi connectivity index (χ1v) is 9.95. The molecule has 3 aromatic rings. The first kappa shape index (κ1) is 21.8. The molecule has 0 spiro atoms. The first-order valence-electron chi connectivity index (χ1n) is 9.95. The number of nitrogens with one attached hydrogen (secondary N) is 2. The Bertz CT molecular complexity index is 1080. The molecule has 31 heavy (non-hydrogen) atoms. The number of rotatable bonds is 9. The molecule has 0 bridgehead atoms. The molecule has 0 unspecified atom stereocenters. The van der Waals surface area contributed by atoms with Gasteiger partial charge >= 0.3 is 0 Å². The summed E-state index contributed by atoms with van der Waals surface area (Å²) >= 11 is 0. The summed E-state index contributed by atoms with van der Waals surface area (Å²) in [6.45, 7) is 4.34. The Morgan fingerprint density at radius 1 is 1.06 bits per heavy atom. The maximum atomic E-state index is 12.6. The molecule has 3 rings (SSSR count). The summed E-state index contributed by atoms with van der Waals surface area (Å²) in [6.07, 6.45) is 1.19. The largest absolute Gasteiger partial charge is 0.488 e. The Balaban J connectivity index is 1.84. The molecule has 0 saturated carbocycles. The van der Waals surface area contributed by atoms with E-state index in [1.807, 2.05) is 67.5 Å². The van der Waals surface area contributed by atoms with Crippen molar-refractivity contribution in [3.8, 4) is 5.75 Å². The van der Waals surface area contributed by atoms with Gasteiger partial charge in [-0.25, -0.2) is 4.98 Å². The van der Waals surface area contributed by atoms with E-state index < -0.39 is 0 Å². The number of hydrogen-bond donors (Lipinski definition) is 2. The van der Waals surface area contributed by atoms with Crippen LogP contribution in [0.4, 0.5) is 5.69 Å². The standard InChI is InChI=1S/C24H26N4O3/c1-4-23(29)25-12-13-26-24(30)21-15-22(31-16-17-8-6-5-7-9-17)19-14-18(28(2)3)10-11-20(19)27-21/h4-11,14-15H,1,12-13,16H2,2-3H3,(H,25,29)(H,26,30). The molecule has 0 saturated heterocycles. The smallest absolute Gasteiger partial charge is 0.270 e. The normalized spacial score (nSPS) is 10.4. The monoisotopic (exact) mass is 418 g/mol. The molecule has 2 amide bonds. The second-order valence-electron chi connectivity index (χ2n) is 7.13. The number of carbonyl (C=O) groups is 2. The van der Waals surface area contributed by atoms with Gasteiger partial charge in [0.15, 0.2) is 0 Å². The number of fused-ring (bicyclic) bond motifs is 1. The van der Waals surface area contributed by atoms with Crippen LogP contribution in [0.25, 0.3) is 10.9 Å². The minimum atomic E-state index is -0.337. The second kappa shape index (κ2) is 10.2. The summed E-state index contributed by atoms with van der Waals surface area (Å²) in [4.78, 5) is 30.3. The number of hydrogen-bond acceptors (Lipinski definition) is 5. The predicted molar refractivity (Wildman–Crippen MR) is 122 cm³/mol. The number of pyridine rings is 1. The van der Waals surface area contributed by atoms with Gasteiger partial charge in [0.1, 0.15) is 18.1 Å². The van der Waals surface area contributed by atoms with Gasteiger partial charge in [-0.1, -0.05) is 36.9 Å². The first-order chi connectivity index (χ1) is 15.0. The average Bonchev–Trinajstić information content (AvgIpc) is 2.79. The molecule has 1 heterocycles. The third-order valence-electron chi connectivity index (χ3n) is 4.64. The van der Waals surface area contributed by atoms with E-state index in [2.05, 4.69) is 22.2 Å². The van der Waals surface area contributed by atoms with Crippen LogP contribution in [0.3, 0.4) is 0 Å². The summed E-state index contributed by atoms with van der Waals surface area (Å²) in [7, 11) is 3.93. The van der Waals surface area contributed by atoms with E-state index in [0.29, 0.717) is 24.4 Å². The maximum absolute atomic E-state index is 12.6. The van der Waals surface area contributed by atoms with Crippen molar-refractivity contribution in [1.82, 2.24) is 15.6 Å². The van der Waals surface area contributed by atoms with Crippen LogP contribution >= 0.6 is 0 Å². The van der Waals surface area contributed by atoms with Gasteiger partial charge < -0.3 is 20.3 Å². The van der Waals surface area contributed by atoms with Gasteiger partial charge in [-0.3, -0.25) is 9.59 Å². The van der Waals surface area contributed by atoms with E-state index >= 15 is 0 Å². The number of nitrogens with zero attached hydrogens (tertiary/aromatic N) is 2. The summed E-state index contributed by atoms with van der Waals surface area (Å²) in [5.74, 6) is -0.0370. The Hall–Kier alpha value is -3.87. The molecule has 0 fully saturated rings. The Morgan fingerprint density at radius 3 is 2.52 bits per heavy atom. The fraction of sp³-hybridized carbons (Fsp3) is 0.208. The van der Waals surface area contributed by atoms with Gasteiger partial charge in [-0.05, 0) is 29.8 Å². The zero-order chi connectivity index (χ0) is 22.2. The highest BCUT2D eigenvalue weighted by molar-refractivity contribution is 5.97. The molecule has 7 heteroatoms. The molecule has 0 radical (unpaired) electrons. The second-order valence-corrected chi connectivity index (χ2v) is 7.13. The number of ether oxygens (including phenoxy) is 1. The van der Waals surface area contributed by atoms with Crippen molar-refractivity contribution in [2.75, 3.05) is 32.1 Å². The predicted octanol–water partition coefficient (Wildman–Crippen LogP) is 2.91. The van der Waals surface area contributed by atoms with E-state index in [-0.39, 0.29) is 24.1 Å². The van der Waals surface area contributed by atoms with E-state index in [0.717, 1.165) is 16.6 Å². The fourth-order valence-electron chi connectivity index (χ4n) is 2.96. The van der Waals surface area contributed by atoms with Crippen LogP contribution in [0.5, 0.6) is 5.75 Å². The topological polar surface area (TPSA) is 83.6 Å². The van der Waals surface area contributed by atoms with E-state index in [1.54, 1.807) is 6.07 Å². The fourth-order valence-corrected chi connectivity index (χ4v) is 2.96. The molecule has 0 atom stereocenters. The van der Waals surface area contributed by atoms with Crippen molar-refractivity contribution in [1.29, 1.82) is 0 Å². The third kappa shape index (κ3) is 5.82. The van der Waals surface area contributed by atoms with E-state index in [4.69, 9.17) is 4.74 Å². The van der Waals surface area contributed by atoms with Crippen LogP contribution in [0, 0.1) is 0 Å². The van der Waals surface area contributed by atoms with Crippen LogP contribution in [0.2, 0.25) is 0 Å². The number of anilines is 1. The lowest BCUT2D eigenvalue weighted by Crippen LogP contribution is -2.34. The van der Waals surface area contributed by atoms with Gasteiger partial charge in [-0.2, -0.15) is 0 Å². The average molecular weight is 418 g/mol. The summed E-state index contributed by atoms with van der Waals surface area (Å²) in [5, 5.41) is 6.20. The van der Waals surface area contributed by atoms with Gasteiger partial charge in [0.25, 0.3) is 5.91 Å². The van der Waals surface area contributed by atoms with Gasteiger partial charge in [0.05, 0.1) is 5.52 Å².